The average Bonchev–Trinajstić information content (AvgIpc) is 3.50. The molecule has 4 heterocycles. The van der Waals surface area contributed by atoms with E-state index in [0.717, 1.165) is 33.2 Å². The molecule has 0 spiro atoms. The summed E-state index contributed by atoms with van der Waals surface area (Å²) in [5.74, 6) is 0.895. The van der Waals surface area contributed by atoms with Gasteiger partial charge in [0.25, 0.3) is 0 Å². The molecule has 0 saturated heterocycles. The van der Waals surface area contributed by atoms with Gasteiger partial charge in [-0.3, -0.25) is 9.55 Å². The monoisotopic (exact) mass is 655 g/mol. The molecular weight excluding hydrogens is 627 g/mol. The van der Waals surface area contributed by atoms with E-state index in [1.165, 1.54) is 59.5 Å². The van der Waals surface area contributed by atoms with Crippen molar-refractivity contribution >= 4 is 56.5 Å². The number of fused-ring (bicyclic) bond motifs is 11. The Kier molecular flexibility index (Phi) is 6.74. The molecule has 3 aromatic heterocycles. The molecule has 0 atom stereocenters. The highest BCUT2D eigenvalue weighted by Gasteiger charge is 2.19. The zero-order valence-electron chi connectivity index (χ0n) is 27.0. The van der Waals surface area contributed by atoms with Crippen LogP contribution in [0.3, 0.4) is 0 Å². The van der Waals surface area contributed by atoms with Gasteiger partial charge in [0.05, 0.1) is 11.0 Å². The third-order valence-corrected chi connectivity index (χ3v) is 11.0. The van der Waals surface area contributed by atoms with Gasteiger partial charge in [0, 0.05) is 39.2 Å². The Labute approximate surface area is 294 Å². The van der Waals surface area contributed by atoms with Gasteiger partial charge in [-0.15, -0.1) is 0 Å². The van der Waals surface area contributed by atoms with Crippen LogP contribution in [0.15, 0.2) is 174 Å². The topological polar surface area (TPSA) is 30.7 Å². The highest BCUT2D eigenvalue weighted by Crippen LogP contribution is 2.47. The van der Waals surface area contributed by atoms with E-state index in [2.05, 4.69) is 155 Å². The Balaban J connectivity index is 1.22. The minimum Gasteiger partial charge on any atom is -0.294 e. The van der Waals surface area contributed by atoms with Crippen LogP contribution in [-0.2, 0) is 0 Å². The molecule has 0 fully saturated rings. The first kappa shape index (κ1) is 28.8. The standard InChI is InChI=1S/C46H29N3S/c1-3-11-35-30(9-1)16-17-32-18-19-33(34-21-23-42-40(28-34)41-29-47-26-24-43(41)49(42)45-15-7-8-25-48-45)27-39(32)38-22-20-31-10-2-4-12-36(31)46(38)50-44-14-6-5-13-37(35)44/h1-29H. The lowest BCUT2D eigenvalue weighted by molar-refractivity contribution is 1.08. The largest absolute Gasteiger partial charge is 0.294 e. The summed E-state index contributed by atoms with van der Waals surface area (Å²) in [7, 11) is 0. The molecule has 0 amide bonds. The molecule has 1 aliphatic heterocycles. The summed E-state index contributed by atoms with van der Waals surface area (Å²) in [6, 6.07) is 52.6. The summed E-state index contributed by atoms with van der Waals surface area (Å²) in [6.45, 7) is 0. The van der Waals surface area contributed by atoms with Gasteiger partial charge < -0.3 is 0 Å². The van der Waals surface area contributed by atoms with Crippen molar-refractivity contribution < 1.29 is 0 Å². The first-order chi connectivity index (χ1) is 24.8. The normalized spacial score (nSPS) is 12.2. The van der Waals surface area contributed by atoms with Crippen LogP contribution in [0.5, 0.6) is 0 Å². The summed E-state index contributed by atoms with van der Waals surface area (Å²) in [5, 5.41) is 4.76. The van der Waals surface area contributed by atoms with Crippen LogP contribution >= 0.6 is 11.8 Å². The van der Waals surface area contributed by atoms with E-state index in [9.17, 15) is 0 Å². The maximum atomic E-state index is 4.69. The molecule has 0 saturated carbocycles. The minimum atomic E-state index is 0.895. The number of pyridine rings is 2. The van der Waals surface area contributed by atoms with Crippen molar-refractivity contribution in [3.63, 3.8) is 0 Å². The fourth-order valence-corrected chi connectivity index (χ4v) is 8.65. The summed E-state index contributed by atoms with van der Waals surface area (Å²) >= 11 is 1.87. The molecular formula is C46H29N3S. The maximum Gasteiger partial charge on any atom is 0.137 e. The van der Waals surface area contributed by atoms with Gasteiger partial charge in [-0.05, 0) is 97.7 Å². The SMILES string of the molecule is C1=Cc2ccc(-c3ccc4c(c3)c3cnccc3n4-c3ccccn3)cc2-c2ccc3ccccc3c2Sc2ccccc2-c2ccccc21. The third-order valence-electron chi connectivity index (χ3n) is 9.79. The molecule has 4 heteroatoms. The van der Waals surface area contributed by atoms with Crippen LogP contribution < -0.4 is 0 Å². The van der Waals surface area contributed by atoms with Crippen molar-refractivity contribution in [2.75, 3.05) is 0 Å². The van der Waals surface area contributed by atoms with E-state index in [1.54, 1.807) is 0 Å². The molecule has 234 valence electrons. The highest BCUT2D eigenvalue weighted by atomic mass is 32.2. The van der Waals surface area contributed by atoms with Crippen LogP contribution in [0.25, 0.3) is 83.9 Å². The van der Waals surface area contributed by atoms with Crippen molar-refractivity contribution in [2.24, 2.45) is 0 Å². The number of hydrogen-bond donors (Lipinski definition) is 0. The van der Waals surface area contributed by atoms with Crippen LogP contribution in [0, 0.1) is 0 Å². The fraction of sp³-hybridized carbons (Fsp3) is 0. The first-order valence-electron chi connectivity index (χ1n) is 16.8. The molecule has 0 aliphatic carbocycles. The lowest BCUT2D eigenvalue weighted by Crippen LogP contribution is -1.96. The Morgan fingerprint density at radius 2 is 1.24 bits per heavy atom. The minimum absolute atomic E-state index is 0.895. The molecule has 9 aromatic rings. The Morgan fingerprint density at radius 1 is 0.480 bits per heavy atom. The van der Waals surface area contributed by atoms with Gasteiger partial charge in [-0.2, -0.15) is 0 Å². The van der Waals surface area contributed by atoms with Gasteiger partial charge in [0.1, 0.15) is 5.82 Å². The van der Waals surface area contributed by atoms with E-state index < -0.39 is 0 Å². The van der Waals surface area contributed by atoms with Crippen LogP contribution in [-0.4, -0.2) is 14.5 Å². The molecule has 50 heavy (non-hydrogen) atoms. The fourth-order valence-electron chi connectivity index (χ4n) is 7.41. The van der Waals surface area contributed by atoms with Crippen molar-refractivity contribution in [3.05, 3.63) is 175 Å². The van der Waals surface area contributed by atoms with Crippen molar-refractivity contribution in [1.82, 2.24) is 14.5 Å². The third kappa shape index (κ3) is 4.68. The molecule has 1 aliphatic rings. The molecule has 0 unspecified atom stereocenters. The lowest BCUT2D eigenvalue weighted by atomic mass is 9.92. The second-order valence-electron chi connectivity index (χ2n) is 12.6. The number of aromatic nitrogens is 3. The zero-order chi connectivity index (χ0) is 33.0. The summed E-state index contributed by atoms with van der Waals surface area (Å²) in [5.41, 5.74) is 11.8. The van der Waals surface area contributed by atoms with Crippen LogP contribution in [0.4, 0.5) is 0 Å². The van der Waals surface area contributed by atoms with Gasteiger partial charge in [0.2, 0.25) is 0 Å². The van der Waals surface area contributed by atoms with Crippen LogP contribution in [0.2, 0.25) is 0 Å². The van der Waals surface area contributed by atoms with Gasteiger partial charge >= 0.3 is 0 Å². The second kappa shape index (κ2) is 11.7. The molecule has 6 aromatic carbocycles. The van der Waals surface area contributed by atoms with E-state index in [0.29, 0.717) is 0 Å². The summed E-state index contributed by atoms with van der Waals surface area (Å²) in [6.07, 6.45) is 10.2. The Bertz CT molecular complexity index is 2790. The van der Waals surface area contributed by atoms with Crippen molar-refractivity contribution in [2.45, 2.75) is 9.79 Å². The first-order valence-corrected chi connectivity index (χ1v) is 17.6. The number of nitrogens with zero attached hydrogens (tertiary/aromatic N) is 3. The van der Waals surface area contributed by atoms with E-state index in [4.69, 9.17) is 4.98 Å². The smallest absolute Gasteiger partial charge is 0.137 e. The highest BCUT2D eigenvalue weighted by molar-refractivity contribution is 7.99. The number of rotatable bonds is 2. The zero-order valence-corrected chi connectivity index (χ0v) is 27.8. The van der Waals surface area contributed by atoms with E-state index in [-0.39, 0.29) is 0 Å². The molecule has 3 nitrogen and oxygen atoms in total. The van der Waals surface area contributed by atoms with Crippen LogP contribution in [0.1, 0.15) is 11.1 Å². The Morgan fingerprint density at radius 3 is 2.16 bits per heavy atom. The van der Waals surface area contributed by atoms with Gasteiger partial charge in [-0.1, -0.05) is 127 Å². The van der Waals surface area contributed by atoms with E-state index in [1.807, 2.05) is 42.5 Å². The number of benzene rings is 6. The molecule has 0 radical (unpaired) electrons. The summed E-state index contributed by atoms with van der Waals surface area (Å²) in [4.78, 5) is 11.7. The van der Waals surface area contributed by atoms with Gasteiger partial charge in [0.15, 0.2) is 0 Å². The van der Waals surface area contributed by atoms with Crippen molar-refractivity contribution in [1.29, 1.82) is 0 Å². The Hall–Kier alpha value is -6.23. The maximum absolute atomic E-state index is 4.69. The summed E-state index contributed by atoms with van der Waals surface area (Å²) < 4.78 is 2.23. The van der Waals surface area contributed by atoms with Crippen molar-refractivity contribution in [3.8, 4) is 39.2 Å². The van der Waals surface area contributed by atoms with Gasteiger partial charge in [-0.25, -0.2) is 4.98 Å². The lowest BCUT2D eigenvalue weighted by Gasteiger charge is -2.17. The predicted octanol–water partition coefficient (Wildman–Crippen LogP) is 12.4. The average molecular weight is 656 g/mol. The number of hydrogen-bond acceptors (Lipinski definition) is 3. The van der Waals surface area contributed by atoms with E-state index >= 15 is 0 Å². The predicted molar refractivity (Wildman–Crippen MR) is 210 cm³/mol. The quantitative estimate of drug-likeness (QED) is 0.186. The molecule has 0 bridgehead atoms. The molecule has 10 rings (SSSR count). The second-order valence-corrected chi connectivity index (χ2v) is 13.7. The molecule has 0 N–H and O–H groups in total.